The van der Waals surface area contributed by atoms with Crippen LogP contribution in [0, 0.1) is 0 Å². The molecule has 0 amide bonds. The van der Waals surface area contributed by atoms with Crippen LogP contribution in [-0.2, 0) is 6.42 Å². The Morgan fingerprint density at radius 3 is 2.92 bits per heavy atom. The summed E-state index contributed by atoms with van der Waals surface area (Å²) in [5.74, 6) is -0.309. The third kappa shape index (κ3) is 1.48. The lowest BCUT2D eigenvalue weighted by molar-refractivity contribution is 0.393. The minimum absolute atomic E-state index is 0.309. The van der Waals surface area contributed by atoms with Gasteiger partial charge in [0.1, 0.15) is 0 Å². The normalized spacial score (nSPS) is 19.4. The quantitative estimate of drug-likeness (QED) is 0.349. The zero-order valence-electron chi connectivity index (χ0n) is 7.07. The molecule has 13 heavy (non-hydrogen) atoms. The Labute approximate surface area is 76.5 Å². The van der Waals surface area contributed by atoms with Gasteiger partial charge >= 0.3 is 7.12 Å². The van der Waals surface area contributed by atoms with Gasteiger partial charge in [-0.15, -0.1) is 0 Å². The Kier molecular flexibility index (Phi) is 1.90. The first-order valence-electron chi connectivity index (χ1n) is 4.18. The maximum absolute atomic E-state index is 8.96. The number of fused-ring (bicyclic) bond motifs is 1. The summed E-state index contributed by atoms with van der Waals surface area (Å²) < 4.78 is 0. The van der Waals surface area contributed by atoms with E-state index in [4.69, 9.17) is 15.8 Å². The summed E-state index contributed by atoms with van der Waals surface area (Å²) in [6, 6.07) is 5.52. The van der Waals surface area contributed by atoms with Crippen molar-refractivity contribution in [1.29, 1.82) is 0 Å². The zero-order valence-corrected chi connectivity index (χ0v) is 7.07. The molecule has 0 aromatic heterocycles. The predicted molar refractivity (Wildman–Crippen MR) is 52.2 cm³/mol. The van der Waals surface area contributed by atoms with E-state index in [2.05, 4.69) is 5.32 Å². The van der Waals surface area contributed by atoms with Gasteiger partial charge in [0, 0.05) is 11.4 Å². The van der Waals surface area contributed by atoms with Gasteiger partial charge in [0.05, 0.1) is 5.94 Å². The van der Waals surface area contributed by atoms with E-state index >= 15 is 0 Å². The van der Waals surface area contributed by atoms with E-state index in [0.717, 1.165) is 11.3 Å². The largest absolute Gasteiger partial charge is 0.475 e. The van der Waals surface area contributed by atoms with Gasteiger partial charge < -0.3 is 21.1 Å². The Balaban J connectivity index is 2.25. The highest BCUT2D eigenvalue weighted by Gasteiger charge is 2.29. The van der Waals surface area contributed by atoms with Crippen molar-refractivity contribution >= 4 is 18.5 Å². The highest BCUT2D eigenvalue weighted by molar-refractivity contribution is 6.44. The molecule has 0 saturated heterocycles. The molecule has 1 unspecified atom stereocenters. The molecule has 4 nitrogen and oxygen atoms in total. The average molecular weight is 178 g/mol. The van der Waals surface area contributed by atoms with Crippen molar-refractivity contribution in [2.45, 2.75) is 12.4 Å². The van der Waals surface area contributed by atoms with E-state index in [0.29, 0.717) is 12.1 Å². The molecule has 1 atom stereocenters. The van der Waals surface area contributed by atoms with Crippen LogP contribution in [0.2, 0.25) is 0 Å². The van der Waals surface area contributed by atoms with Gasteiger partial charge in [-0.25, -0.2) is 0 Å². The van der Waals surface area contributed by atoms with Crippen LogP contribution < -0.4 is 11.1 Å². The topological polar surface area (TPSA) is 78.5 Å². The molecule has 0 spiro atoms. The fourth-order valence-corrected chi connectivity index (χ4v) is 1.57. The van der Waals surface area contributed by atoms with Gasteiger partial charge in [-0.1, -0.05) is 6.07 Å². The van der Waals surface area contributed by atoms with E-state index < -0.39 is 7.12 Å². The number of rotatable bonds is 1. The number of benzene rings is 1. The summed E-state index contributed by atoms with van der Waals surface area (Å²) in [4.78, 5) is 0. The van der Waals surface area contributed by atoms with Gasteiger partial charge in [-0.3, -0.25) is 0 Å². The second kappa shape index (κ2) is 2.94. The first kappa shape index (κ1) is 8.41. The molecule has 0 fully saturated rings. The van der Waals surface area contributed by atoms with Crippen molar-refractivity contribution in [2.24, 2.45) is 0 Å². The Morgan fingerprint density at radius 2 is 2.23 bits per heavy atom. The second-order valence-electron chi connectivity index (χ2n) is 3.29. The van der Waals surface area contributed by atoms with Crippen LogP contribution in [0.15, 0.2) is 18.2 Å². The highest BCUT2D eigenvalue weighted by Crippen LogP contribution is 2.27. The highest BCUT2D eigenvalue weighted by atomic mass is 16.4. The van der Waals surface area contributed by atoms with E-state index in [1.807, 2.05) is 12.1 Å². The number of hydrogen-bond acceptors (Lipinski definition) is 4. The van der Waals surface area contributed by atoms with Crippen molar-refractivity contribution in [3.05, 3.63) is 23.8 Å². The van der Waals surface area contributed by atoms with Gasteiger partial charge in [0.25, 0.3) is 0 Å². The van der Waals surface area contributed by atoms with Crippen molar-refractivity contribution in [3.63, 3.8) is 0 Å². The van der Waals surface area contributed by atoms with Gasteiger partial charge in [-0.05, 0) is 24.1 Å². The first-order valence-corrected chi connectivity index (χ1v) is 4.18. The molecular formula is C8H11BN2O2. The van der Waals surface area contributed by atoms with E-state index in [-0.39, 0.29) is 5.94 Å². The summed E-state index contributed by atoms with van der Waals surface area (Å²) in [6.07, 6.45) is 0.632. The molecule has 2 rings (SSSR count). The van der Waals surface area contributed by atoms with Crippen LogP contribution >= 0.6 is 0 Å². The number of nitrogens with one attached hydrogen (secondary N) is 1. The average Bonchev–Trinajstić information content (AvgIpc) is 2.46. The fraction of sp³-hybridized carbons (Fsp3) is 0.250. The van der Waals surface area contributed by atoms with Crippen molar-refractivity contribution in [1.82, 2.24) is 0 Å². The fourth-order valence-electron chi connectivity index (χ4n) is 1.57. The minimum atomic E-state index is -1.33. The van der Waals surface area contributed by atoms with E-state index in [1.54, 1.807) is 6.07 Å². The molecule has 0 bridgehead atoms. The molecule has 5 heteroatoms. The summed E-state index contributed by atoms with van der Waals surface area (Å²) in [5.41, 5.74) is 8.24. The molecule has 1 heterocycles. The lowest BCUT2D eigenvalue weighted by Crippen LogP contribution is -2.36. The summed E-state index contributed by atoms with van der Waals surface area (Å²) in [5, 5.41) is 20.9. The predicted octanol–water partition coefficient (Wildman–Crippen LogP) is -0.383. The maximum Gasteiger partial charge on any atom is 0.475 e. The molecule has 1 aliphatic heterocycles. The lowest BCUT2D eigenvalue weighted by atomic mass is 9.78. The summed E-state index contributed by atoms with van der Waals surface area (Å²) >= 11 is 0. The van der Waals surface area contributed by atoms with E-state index in [1.165, 1.54) is 0 Å². The molecule has 0 radical (unpaired) electrons. The van der Waals surface area contributed by atoms with E-state index in [9.17, 15) is 0 Å². The lowest BCUT2D eigenvalue weighted by Gasteiger charge is -2.08. The molecule has 5 N–H and O–H groups in total. The molecule has 0 saturated carbocycles. The summed E-state index contributed by atoms with van der Waals surface area (Å²) in [6.45, 7) is 0. The Morgan fingerprint density at radius 1 is 1.46 bits per heavy atom. The van der Waals surface area contributed by atoms with Crippen molar-refractivity contribution < 1.29 is 10.0 Å². The summed E-state index contributed by atoms with van der Waals surface area (Å²) in [7, 11) is -1.33. The van der Waals surface area contributed by atoms with Crippen LogP contribution in [0.1, 0.15) is 5.56 Å². The van der Waals surface area contributed by atoms with Crippen molar-refractivity contribution in [2.75, 3.05) is 11.1 Å². The zero-order chi connectivity index (χ0) is 9.42. The number of anilines is 2. The number of hydrogen-bond donors (Lipinski definition) is 4. The standard InChI is InChI=1S/C8H11BN2O2/c10-6-2-1-5-3-8(9(12)13)11-7(5)4-6/h1-2,4,8,11-13H,3,10H2. The molecule has 1 aromatic rings. The molecule has 1 aliphatic rings. The minimum Gasteiger partial charge on any atom is -0.426 e. The third-order valence-electron chi connectivity index (χ3n) is 2.27. The number of nitrogens with two attached hydrogens (primary N) is 1. The molecular weight excluding hydrogens is 167 g/mol. The van der Waals surface area contributed by atoms with Crippen LogP contribution in [0.5, 0.6) is 0 Å². The Hall–Kier alpha value is -1.20. The van der Waals surface area contributed by atoms with Crippen LogP contribution in [-0.4, -0.2) is 23.1 Å². The molecule has 68 valence electrons. The maximum atomic E-state index is 8.96. The Bertz CT molecular complexity index is 330. The SMILES string of the molecule is Nc1ccc2c(c1)NC(B(O)O)C2. The smallest absolute Gasteiger partial charge is 0.426 e. The van der Waals surface area contributed by atoms with Gasteiger partial charge in [-0.2, -0.15) is 0 Å². The number of nitrogen functional groups attached to an aromatic ring is 1. The van der Waals surface area contributed by atoms with Crippen LogP contribution in [0.4, 0.5) is 11.4 Å². The molecule has 0 aliphatic carbocycles. The van der Waals surface area contributed by atoms with Crippen molar-refractivity contribution in [3.8, 4) is 0 Å². The molecule has 1 aromatic carbocycles. The van der Waals surface area contributed by atoms with Gasteiger partial charge in [0.2, 0.25) is 0 Å². The third-order valence-corrected chi connectivity index (χ3v) is 2.27. The van der Waals surface area contributed by atoms with Crippen LogP contribution in [0.3, 0.4) is 0 Å². The monoisotopic (exact) mass is 178 g/mol. The van der Waals surface area contributed by atoms with Crippen LogP contribution in [0.25, 0.3) is 0 Å². The van der Waals surface area contributed by atoms with Gasteiger partial charge in [0.15, 0.2) is 0 Å². The second-order valence-corrected chi connectivity index (χ2v) is 3.29. The first-order chi connectivity index (χ1) is 6.16.